The van der Waals surface area contributed by atoms with Gasteiger partial charge >= 0.3 is 5.97 Å². The third-order valence-corrected chi connectivity index (χ3v) is 2.90. The molecule has 0 saturated heterocycles. The quantitative estimate of drug-likeness (QED) is 0.355. The van der Waals surface area contributed by atoms with Crippen molar-refractivity contribution in [3.63, 3.8) is 0 Å². The second kappa shape index (κ2) is 7.22. The highest BCUT2D eigenvalue weighted by atomic mass is 16.6. The highest BCUT2D eigenvalue weighted by Crippen LogP contribution is 2.17. The molecule has 0 N–H and O–H groups in total. The molecule has 0 heterocycles. The lowest BCUT2D eigenvalue weighted by molar-refractivity contribution is -0.140. The van der Waals surface area contributed by atoms with E-state index >= 15 is 0 Å². The van der Waals surface area contributed by atoms with Crippen molar-refractivity contribution in [2.45, 2.75) is 6.92 Å². The van der Waals surface area contributed by atoms with Gasteiger partial charge in [0.1, 0.15) is 5.75 Å². The van der Waals surface area contributed by atoms with Crippen LogP contribution in [0.25, 0.3) is 0 Å². The van der Waals surface area contributed by atoms with Gasteiger partial charge in [-0.15, -0.1) is 0 Å². The maximum Gasteiger partial charge on any atom is 0.373 e. The van der Waals surface area contributed by atoms with Crippen LogP contribution in [0.15, 0.2) is 66.9 Å². The number of hydrogen-bond acceptors (Lipinski definition) is 4. The molecule has 2 aromatic carbocycles. The molecule has 0 aromatic heterocycles. The Hall–Kier alpha value is -2.88. The Balaban J connectivity index is 2.06. The summed E-state index contributed by atoms with van der Waals surface area (Å²) in [7, 11) is 0. The van der Waals surface area contributed by atoms with Crippen LogP contribution in [-0.2, 0) is 9.53 Å². The van der Waals surface area contributed by atoms with Crippen molar-refractivity contribution in [3.05, 3.63) is 78.1 Å². The maximum absolute atomic E-state index is 12.2. The van der Waals surface area contributed by atoms with Crippen molar-refractivity contribution < 1.29 is 19.1 Å². The van der Waals surface area contributed by atoms with Crippen LogP contribution in [0.1, 0.15) is 22.8 Å². The summed E-state index contributed by atoms with van der Waals surface area (Å²) in [6.07, 6.45) is 0. The first-order valence-corrected chi connectivity index (χ1v) is 6.85. The molecule has 4 heteroatoms. The van der Waals surface area contributed by atoms with Crippen LogP contribution in [0.4, 0.5) is 0 Å². The van der Waals surface area contributed by atoms with Gasteiger partial charge in [-0.05, 0) is 37.8 Å². The minimum absolute atomic E-state index is 0.0728. The summed E-state index contributed by atoms with van der Waals surface area (Å²) in [5, 5.41) is 0. The van der Waals surface area contributed by atoms with E-state index in [1.54, 1.807) is 43.3 Å². The lowest BCUT2D eigenvalue weighted by Gasteiger charge is -2.08. The Kier molecular flexibility index (Phi) is 5.09. The van der Waals surface area contributed by atoms with Crippen LogP contribution in [0.2, 0.25) is 0 Å². The number of ketones is 1. The van der Waals surface area contributed by atoms with E-state index in [1.807, 2.05) is 18.2 Å². The minimum atomic E-state index is -0.605. The summed E-state index contributed by atoms with van der Waals surface area (Å²) in [5.41, 5.74) is 1.16. The van der Waals surface area contributed by atoms with Gasteiger partial charge in [-0.2, -0.15) is 0 Å². The van der Waals surface area contributed by atoms with E-state index in [2.05, 4.69) is 6.58 Å². The molecule has 0 fully saturated rings. The fourth-order valence-corrected chi connectivity index (χ4v) is 1.83. The third kappa shape index (κ3) is 3.82. The Morgan fingerprint density at radius 3 is 2.14 bits per heavy atom. The molecule has 0 aliphatic heterocycles. The van der Waals surface area contributed by atoms with E-state index in [1.165, 1.54) is 0 Å². The van der Waals surface area contributed by atoms with Gasteiger partial charge in [-0.25, -0.2) is 4.79 Å². The van der Waals surface area contributed by atoms with Crippen LogP contribution < -0.4 is 4.74 Å². The first-order valence-electron chi connectivity index (χ1n) is 6.85. The number of carbonyl (C=O) groups is 2. The Labute approximate surface area is 129 Å². The van der Waals surface area contributed by atoms with Crippen molar-refractivity contribution in [1.29, 1.82) is 0 Å². The first-order chi connectivity index (χ1) is 10.6. The molecule has 0 unspecified atom stereocenters. The molecule has 22 heavy (non-hydrogen) atoms. The van der Waals surface area contributed by atoms with Crippen LogP contribution >= 0.6 is 0 Å². The Morgan fingerprint density at radius 2 is 1.55 bits per heavy atom. The maximum atomic E-state index is 12.2. The fourth-order valence-electron chi connectivity index (χ4n) is 1.83. The molecule has 4 nitrogen and oxygen atoms in total. The molecule has 0 bridgehead atoms. The normalized spacial score (nSPS) is 9.86. The predicted molar refractivity (Wildman–Crippen MR) is 82.7 cm³/mol. The summed E-state index contributed by atoms with van der Waals surface area (Å²) in [5.74, 6) is -0.352. The summed E-state index contributed by atoms with van der Waals surface area (Å²) in [4.78, 5) is 23.6. The highest BCUT2D eigenvalue weighted by Gasteiger charge is 2.12. The molecule has 0 radical (unpaired) electrons. The average molecular weight is 296 g/mol. The Bertz CT molecular complexity index is 672. The van der Waals surface area contributed by atoms with Crippen molar-refractivity contribution in [1.82, 2.24) is 0 Å². The van der Waals surface area contributed by atoms with Crippen LogP contribution in [-0.4, -0.2) is 18.4 Å². The predicted octanol–water partition coefficient (Wildman–Crippen LogP) is 3.37. The first kappa shape index (κ1) is 15.5. The number of rotatable bonds is 6. The molecule has 0 spiro atoms. The standard InChI is InChI=1S/C18H16O4/c1-3-21-18(20)13(2)22-16-11-9-15(10-12-16)17(19)14-7-5-4-6-8-14/h4-12H,2-3H2,1H3. The van der Waals surface area contributed by atoms with Gasteiger partial charge in [0.25, 0.3) is 0 Å². The molecule has 112 valence electrons. The zero-order valence-corrected chi connectivity index (χ0v) is 12.2. The van der Waals surface area contributed by atoms with Gasteiger partial charge in [-0.1, -0.05) is 30.3 Å². The van der Waals surface area contributed by atoms with E-state index in [9.17, 15) is 9.59 Å². The van der Waals surface area contributed by atoms with Crippen LogP contribution in [0.3, 0.4) is 0 Å². The van der Waals surface area contributed by atoms with Gasteiger partial charge in [0, 0.05) is 11.1 Å². The molecular formula is C18H16O4. The summed E-state index contributed by atoms with van der Waals surface area (Å²) in [6.45, 7) is 5.47. The summed E-state index contributed by atoms with van der Waals surface area (Å²) >= 11 is 0. The lowest BCUT2D eigenvalue weighted by atomic mass is 10.0. The van der Waals surface area contributed by atoms with E-state index in [4.69, 9.17) is 9.47 Å². The molecule has 2 rings (SSSR count). The second-order valence-corrected chi connectivity index (χ2v) is 4.47. The number of esters is 1. The van der Waals surface area contributed by atoms with Crippen molar-refractivity contribution in [2.75, 3.05) is 6.61 Å². The monoisotopic (exact) mass is 296 g/mol. The van der Waals surface area contributed by atoms with E-state index in [-0.39, 0.29) is 18.1 Å². The van der Waals surface area contributed by atoms with Gasteiger partial charge < -0.3 is 9.47 Å². The second-order valence-electron chi connectivity index (χ2n) is 4.47. The molecule has 0 atom stereocenters. The molecular weight excluding hydrogens is 280 g/mol. The topological polar surface area (TPSA) is 52.6 Å². The van der Waals surface area contributed by atoms with Gasteiger partial charge in [0.05, 0.1) is 6.61 Å². The van der Waals surface area contributed by atoms with Crippen molar-refractivity contribution in [2.24, 2.45) is 0 Å². The SMILES string of the molecule is C=C(Oc1ccc(C(=O)c2ccccc2)cc1)C(=O)OCC. The molecule has 0 aliphatic rings. The highest BCUT2D eigenvalue weighted by molar-refractivity contribution is 6.09. The van der Waals surface area contributed by atoms with E-state index in [0.717, 1.165) is 0 Å². The number of benzene rings is 2. The Morgan fingerprint density at radius 1 is 0.955 bits per heavy atom. The third-order valence-electron chi connectivity index (χ3n) is 2.90. The molecule has 0 amide bonds. The van der Waals surface area contributed by atoms with Gasteiger partial charge in [-0.3, -0.25) is 4.79 Å². The smallest absolute Gasteiger partial charge is 0.373 e. The van der Waals surface area contributed by atoms with Crippen LogP contribution in [0, 0.1) is 0 Å². The molecule has 2 aromatic rings. The van der Waals surface area contributed by atoms with Crippen molar-refractivity contribution >= 4 is 11.8 Å². The number of ether oxygens (including phenoxy) is 2. The average Bonchev–Trinajstić information content (AvgIpc) is 2.56. The number of hydrogen-bond donors (Lipinski definition) is 0. The summed E-state index contributed by atoms with van der Waals surface area (Å²) in [6, 6.07) is 15.5. The molecule has 0 aliphatic carbocycles. The minimum Gasteiger partial charge on any atom is -0.460 e. The largest absolute Gasteiger partial charge is 0.460 e. The van der Waals surface area contributed by atoms with Gasteiger partial charge in [0.2, 0.25) is 5.76 Å². The molecule has 0 saturated carbocycles. The van der Waals surface area contributed by atoms with Crippen LogP contribution in [0.5, 0.6) is 5.75 Å². The summed E-state index contributed by atoms with van der Waals surface area (Å²) < 4.78 is 10.1. The zero-order valence-electron chi connectivity index (χ0n) is 12.2. The van der Waals surface area contributed by atoms with E-state index < -0.39 is 5.97 Å². The number of carbonyl (C=O) groups excluding carboxylic acids is 2. The van der Waals surface area contributed by atoms with E-state index in [0.29, 0.717) is 16.9 Å². The zero-order chi connectivity index (χ0) is 15.9. The lowest BCUT2D eigenvalue weighted by Crippen LogP contribution is -2.11. The van der Waals surface area contributed by atoms with Crippen molar-refractivity contribution in [3.8, 4) is 5.75 Å². The van der Waals surface area contributed by atoms with Gasteiger partial charge in [0.15, 0.2) is 5.78 Å². The fraction of sp³-hybridized carbons (Fsp3) is 0.111.